The Morgan fingerprint density at radius 1 is 1.30 bits per heavy atom. The number of pyridine rings is 1. The molecule has 20 heavy (non-hydrogen) atoms. The van der Waals surface area contributed by atoms with Gasteiger partial charge in [0.2, 0.25) is 0 Å². The molecule has 0 radical (unpaired) electrons. The average Bonchev–Trinajstić information content (AvgIpc) is 2.44. The molecule has 0 atom stereocenters. The van der Waals surface area contributed by atoms with E-state index in [1.54, 1.807) is 0 Å². The Labute approximate surface area is 121 Å². The number of ether oxygens (including phenoxy) is 2. The average molecular weight is 278 g/mol. The fraction of sp³-hybridized carbons (Fsp3) is 0.688. The van der Waals surface area contributed by atoms with Crippen LogP contribution in [-0.4, -0.2) is 30.3 Å². The zero-order valence-electron chi connectivity index (χ0n) is 12.8. The Morgan fingerprint density at radius 2 is 2.05 bits per heavy atom. The second-order valence-electron chi connectivity index (χ2n) is 6.46. The van der Waals surface area contributed by atoms with Crippen molar-refractivity contribution >= 4 is 0 Å². The first-order chi connectivity index (χ1) is 9.53. The molecule has 0 amide bonds. The SMILES string of the molecule is CC(C)(C)NCc1ccc(OCC2CCOCC2)cn1. The topological polar surface area (TPSA) is 43.4 Å². The van der Waals surface area contributed by atoms with Crippen molar-refractivity contribution in [2.45, 2.75) is 45.7 Å². The van der Waals surface area contributed by atoms with Crippen LogP contribution in [0.3, 0.4) is 0 Å². The van der Waals surface area contributed by atoms with Crippen molar-refractivity contribution < 1.29 is 9.47 Å². The molecule has 2 heterocycles. The highest BCUT2D eigenvalue weighted by atomic mass is 16.5. The fourth-order valence-corrected chi connectivity index (χ4v) is 2.08. The van der Waals surface area contributed by atoms with Crippen molar-refractivity contribution in [1.29, 1.82) is 0 Å². The van der Waals surface area contributed by atoms with Gasteiger partial charge in [0.1, 0.15) is 5.75 Å². The first-order valence-electron chi connectivity index (χ1n) is 7.43. The fourth-order valence-electron chi connectivity index (χ4n) is 2.08. The summed E-state index contributed by atoms with van der Waals surface area (Å²) < 4.78 is 11.2. The Kier molecular flexibility index (Phi) is 5.38. The molecule has 0 spiro atoms. The number of aromatic nitrogens is 1. The van der Waals surface area contributed by atoms with Crippen LogP contribution in [0.5, 0.6) is 5.75 Å². The molecule has 1 aliphatic heterocycles. The van der Waals surface area contributed by atoms with Gasteiger partial charge in [-0.3, -0.25) is 4.98 Å². The summed E-state index contributed by atoms with van der Waals surface area (Å²) in [6.07, 6.45) is 4.01. The van der Waals surface area contributed by atoms with Crippen LogP contribution in [0.4, 0.5) is 0 Å². The summed E-state index contributed by atoms with van der Waals surface area (Å²) in [6, 6.07) is 4.03. The lowest BCUT2D eigenvalue weighted by molar-refractivity contribution is 0.0497. The van der Waals surface area contributed by atoms with Gasteiger partial charge in [0.15, 0.2) is 0 Å². The number of nitrogens with zero attached hydrogens (tertiary/aromatic N) is 1. The van der Waals surface area contributed by atoms with Gasteiger partial charge in [-0.1, -0.05) is 0 Å². The summed E-state index contributed by atoms with van der Waals surface area (Å²) in [5, 5.41) is 3.42. The van der Waals surface area contributed by atoms with Gasteiger partial charge in [-0.2, -0.15) is 0 Å². The second kappa shape index (κ2) is 7.04. The summed E-state index contributed by atoms with van der Waals surface area (Å²) in [7, 11) is 0. The molecule has 0 aliphatic carbocycles. The highest BCUT2D eigenvalue weighted by Crippen LogP contribution is 2.17. The zero-order valence-corrected chi connectivity index (χ0v) is 12.8. The Hall–Kier alpha value is -1.13. The number of rotatable bonds is 5. The summed E-state index contributed by atoms with van der Waals surface area (Å²) >= 11 is 0. The predicted octanol–water partition coefficient (Wildman–Crippen LogP) is 2.78. The molecule has 0 aromatic carbocycles. The minimum Gasteiger partial charge on any atom is -0.492 e. The molecule has 0 bridgehead atoms. The van der Waals surface area contributed by atoms with Crippen LogP contribution in [0.15, 0.2) is 18.3 Å². The van der Waals surface area contributed by atoms with Gasteiger partial charge in [0, 0.05) is 25.3 Å². The maximum atomic E-state index is 5.81. The summed E-state index contributed by atoms with van der Waals surface area (Å²) in [4.78, 5) is 4.43. The first kappa shape index (κ1) is 15.3. The smallest absolute Gasteiger partial charge is 0.137 e. The van der Waals surface area contributed by atoms with Crippen molar-refractivity contribution in [2.75, 3.05) is 19.8 Å². The molecule has 2 rings (SSSR count). The third kappa shape index (κ3) is 5.47. The second-order valence-corrected chi connectivity index (χ2v) is 6.46. The lowest BCUT2D eigenvalue weighted by atomic mass is 10.0. The Morgan fingerprint density at radius 3 is 2.65 bits per heavy atom. The molecule has 0 unspecified atom stereocenters. The van der Waals surface area contributed by atoms with Gasteiger partial charge in [0.05, 0.1) is 18.5 Å². The molecule has 0 saturated carbocycles. The molecule has 1 aliphatic rings. The molecule has 4 nitrogen and oxygen atoms in total. The van der Waals surface area contributed by atoms with Gasteiger partial charge in [-0.25, -0.2) is 0 Å². The predicted molar refractivity (Wildman–Crippen MR) is 79.9 cm³/mol. The minimum atomic E-state index is 0.111. The van der Waals surface area contributed by atoms with Gasteiger partial charge in [0.25, 0.3) is 0 Å². The van der Waals surface area contributed by atoms with Crippen molar-refractivity contribution in [3.05, 3.63) is 24.0 Å². The molecule has 1 N–H and O–H groups in total. The van der Waals surface area contributed by atoms with E-state index in [1.165, 1.54) is 0 Å². The third-order valence-electron chi connectivity index (χ3n) is 3.42. The molecular formula is C16H26N2O2. The van der Waals surface area contributed by atoms with E-state index >= 15 is 0 Å². The van der Waals surface area contributed by atoms with Gasteiger partial charge < -0.3 is 14.8 Å². The largest absolute Gasteiger partial charge is 0.492 e. The lowest BCUT2D eigenvalue weighted by Crippen LogP contribution is -2.35. The first-order valence-corrected chi connectivity index (χ1v) is 7.43. The van der Waals surface area contributed by atoms with Crippen LogP contribution < -0.4 is 10.1 Å². The highest BCUT2D eigenvalue weighted by Gasteiger charge is 2.14. The monoisotopic (exact) mass is 278 g/mol. The number of nitrogens with one attached hydrogen (secondary N) is 1. The zero-order chi connectivity index (χ0) is 14.4. The van der Waals surface area contributed by atoms with E-state index in [4.69, 9.17) is 9.47 Å². The van der Waals surface area contributed by atoms with Crippen molar-refractivity contribution in [3.63, 3.8) is 0 Å². The van der Waals surface area contributed by atoms with E-state index in [1.807, 2.05) is 18.3 Å². The van der Waals surface area contributed by atoms with E-state index in [-0.39, 0.29) is 5.54 Å². The standard InChI is InChI=1S/C16H26N2O2/c1-16(2,3)18-10-14-4-5-15(11-17-14)20-12-13-6-8-19-9-7-13/h4-5,11,13,18H,6-10,12H2,1-3H3. The molecular weight excluding hydrogens is 252 g/mol. The maximum Gasteiger partial charge on any atom is 0.137 e. The third-order valence-corrected chi connectivity index (χ3v) is 3.42. The van der Waals surface area contributed by atoms with E-state index in [9.17, 15) is 0 Å². The Bertz CT molecular complexity index is 392. The van der Waals surface area contributed by atoms with Crippen molar-refractivity contribution in [2.24, 2.45) is 5.92 Å². The number of hydrogen-bond acceptors (Lipinski definition) is 4. The van der Waals surface area contributed by atoms with Crippen molar-refractivity contribution in [3.8, 4) is 5.75 Å². The van der Waals surface area contributed by atoms with E-state index in [2.05, 4.69) is 31.1 Å². The quantitative estimate of drug-likeness (QED) is 0.899. The molecule has 1 aromatic heterocycles. The van der Waals surface area contributed by atoms with Crippen molar-refractivity contribution in [1.82, 2.24) is 10.3 Å². The highest BCUT2D eigenvalue weighted by molar-refractivity contribution is 5.19. The Balaban J connectivity index is 1.76. The van der Waals surface area contributed by atoms with Gasteiger partial charge in [-0.15, -0.1) is 0 Å². The van der Waals surface area contributed by atoms with E-state index in [0.29, 0.717) is 5.92 Å². The van der Waals surface area contributed by atoms with Crippen LogP contribution >= 0.6 is 0 Å². The van der Waals surface area contributed by atoms with Gasteiger partial charge in [-0.05, 0) is 51.7 Å². The number of hydrogen-bond donors (Lipinski definition) is 1. The van der Waals surface area contributed by atoms with E-state index in [0.717, 1.165) is 50.7 Å². The van der Waals surface area contributed by atoms with Crippen LogP contribution in [-0.2, 0) is 11.3 Å². The molecule has 4 heteroatoms. The summed E-state index contributed by atoms with van der Waals surface area (Å²) in [5.74, 6) is 1.47. The summed E-state index contributed by atoms with van der Waals surface area (Å²) in [6.45, 7) is 9.73. The molecule has 1 saturated heterocycles. The van der Waals surface area contributed by atoms with Crippen LogP contribution in [0.2, 0.25) is 0 Å². The minimum absolute atomic E-state index is 0.111. The lowest BCUT2D eigenvalue weighted by Gasteiger charge is -2.22. The maximum absolute atomic E-state index is 5.81. The normalized spacial score (nSPS) is 17.1. The molecule has 112 valence electrons. The van der Waals surface area contributed by atoms with E-state index < -0.39 is 0 Å². The summed E-state index contributed by atoms with van der Waals surface area (Å²) in [5.41, 5.74) is 1.15. The molecule has 1 fully saturated rings. The molecule has 1 aromatic rings. The van der Waals surface area contributed by atoms with Gasteiger partial charge >= 0.3 is 0 Å². The van der Waals surface area contributed by atoms with Crippen LogP contribution in [0.1, 0.15) is 39.3 Å². The van der Waals surface area contributed by atoms with Crippen LogP contribution in [0, 0.1) is 5.92 Å². The van der Waals surface area contributed by atoms with Crippen LogP contribution in [0.25, 0.3) is 0 Å².